The average molecular weight is 292 g/mol. The van der Waals surface area contributed by atoms with Gasteiger partial charge in [0.1, 0.15) is 10.8 Å². The van der Waals surface area contributed by atoms with E-state index in [-0.39, 0.29) is 0 Å². The number of rotatable bonds is 3. The average Bonchev–Trinajstić information content (AvgIpc) is 2.37. The van der Waals surface area contributed by atoms with Gasteiger partial charge in [0.2, 0.25) is 0 Å². The number of piperazine rings is 1. The maximum Gasteiger partial charge on any atom is 0.139 e. The van der Waals surface area contributed by atoms with E-state index in [1.165, 1.54) is 0 Å². The molecule has 1 unspecified atom stereocenters. The van der Waals surface area contributed by atoms with E-state index in [0.29, 0.717) is 11.0 Å². The molecule has 2 heterocycles. The molecule has 0 bridgehead atoms. The van der Waals surface area contributed by atoms with Crippen LogP contribution in [-0.2, 0) is 0 Å². The van der Waals surface area contributed by atoms with Crippen molar-refractivity contribution in [3.8, 4) is 0 Å². The summed E-state index contributed by atoms with van der Waals surface area (Å²) in [6, 6.07) is 2.57. The van der Waals surface area contributed by atoms with Gasteiger partial charge in [-0.3, -0.25) is 4.90 Å². The van der Waals surface area contributed by atoms with Gasteiger partial charge in [0.15, 0.2) is 0 Å². The Morgan fingerprint density at radius 1 is 1.45 bits per heavy atom. The zero-order chi connectivity index (χ0) is 14.9. The number of nitrogens with two attached hydrogens (primary N) is 1. The highest BCUT2D eigenvalue weighted by Gasteiger charge is 2.26. The van der Waals surface area contributed by atoms with Crippen molar-refractivity contribution in [3.05, 3.63) is 22.9 Å². The van der Waals surface area contributed by atoms with Crippen molar-refractivity contribution < 1.29 is 0 Å². The molecule has 0 amide bonds. The summed E-state index contributed by atoms with van der Waals surface area (Å²) < 4.78 is 0. The molecule has 0 aliphatic carbocycles. The molecule has 1 atom stereocenters. The van der Waals surface area contributed by atoms with E-state index in [1.54, 1.807) is 0 Å². The summed E-state index contributed by atoms with van der Waals surface area (Å²) in [6.45, 7) is 12.6. The maximum atomic E-state index is 5.91. The van der Waals surface area contributed by atoms with Crippen molar-refractivity contribution in [1.82, 2.24) is 9.88 Å². The summed E-state index contributed by atoms with van der Waals surface area (Å²) in [6.07, 6.45) is 0. The normalized spacial score (nSPS) is 20.2. The first kappa shape index (κ1) is 15.2. The summed E-state index contributed by atoms with van der Waals surface area (Å²) in [7, 11) is 0. The Labute approximate surface area is 127 Å². The first-order valence-corrected chi connectivity index (χ1v) is 7.62. The van der Waals surface area contributed by atoms with E-state index >= 15 is 0 Å². The second-order valence-corrected chi connectivity index (χ2v) is 6.01. The summed E-state index contributed by atoms with van der Waals surface area (Å²) in [5, 5.41) is 0. The quantitative estimate of drug-likeness (QED) is 0.862. The Balaban J connectivity index is 2.35. The van der Waals surface area contributed by atoms with Gasteiger partial charge in [-0.15, -0.1) is 0 Å². The minimum Gasteiger partial charge on any atom is -0.389 e. The van der Waals surface area contributed by atoms with Crippen LogP contribution >= 0.6 is 12.2 Å². The third kappa shape index (κ3) is 2.94. The molecule has 1 fully saturated rings. The molecule has 0 saturated carbocycles. The Hall–Kier alpha value is -1.20. The molecule has 20 heavy (non-hydrogen) atoms. The number of nitrogens with zero attached hydrogens (tertiary/aromatic N) is 3. The minimum atomic E-state index is 0.440. The van der Waals surface area contributed by atoms with Gasteiger partial charge >= 0.3 is 0 Å². The second-order valence-electron chi connectivity index (χ2n) is 5.57. The van der Waals surface area contributed by atoms with E-state index in [2.05, 4.69) is 30.6 Å². The molecule has 0 aromatic carbocycles. The van der Waals surface area contributed by atoms with Crippen molar-refractivity contribution in [2.75, 3.05) is 31.1 Å². The Bertz CT molecular complexity index is 515. The molecular formula is C15H24N4S. The van der Waals surface area contributed by atoms with Crippen LogP contribution in [0, 0.1) is 13.8 Å². The lowest BCUT2D eigenvalue weighted by Gasteiger charge is -2.40. The molecule has 4 nitrogen and oxygen atoms in total. The molecule has 0 radical (unpaired) electrons. The van der Waals surface area contributed by atoms with Crippen molar-refractivity contribution >= 4 is 23.0 Å². The molecule has 2 N–H and O–H groups in total. The Kier molecular flexibility index (Phi) is 4.60. The highest BCUT2D eigenvalue weighted by Crippen LogP contribution is 2.25. The van der Waals surface area contributed by atoms with Gasteiger partial charge in [-0.05, 0) is 38.9 Å². The SMILES string of the molecule is CCN1CCN(c2nc(C)cc(C)c2C(N)=S)CC1C. The van der Waals surface area contributed by atoms with E-state index in [1.807, 2.05) is 13.0 Å². The molecule has 1 aromatic rings. The van der Waals surface area contributed by atoms with E-state index in [9.17, 15) is 0 Å². The van der Waals surface area contributed by atoms with Crippen LogP contribution in [0.25, 0.3) is 0 Å². The number of thiocarbonyl (C=S) groups is 1. The number of aromatic nitrogens is 1. The van der Waals surface area contributed by atoms with Gasteiger partial charge < -0.3 is 10.6 Å². The number of hydrogen-bond donors (Lipinski definition) is 1. The van der Waals surface area contributed by atoms with Crippen LogP contribution in [0.1, 0.15) is 30.7 Å². The van der Waals surface area contributed by atoms with Crippen LogP contribution in [0.2, 0.25) is 0 Å². The first-order chi connectivity index (χ1) is 9.43. The minimum absolute atomic E-state index is 0.440. The summed E-state index contributed by atoms with van der Waals surface area (Å²) >= 11 is 5.23. The summed E-state index contributed by atoms with van der Waals surface area (Å²) in [5.74, 6) is 0.956. The van der Waals surface area contributed by atoms with Crippen LogP contribution < -0.4 is 10.6 Å². The summed E-state index contributed by atoms with van der Waals surface area (Å²) in [4.78, 5) is 9.95. The predicted octanol–water partition coefficient (Wildman–Crippen LogP) is 1.86. The fourth-order valence-electron chi connectivity index (χ4n) is 3.01. The van der Waals surface area contributed by atoms with Crippen LogP contribution in [0.5, 0.6) is 0 Å². The van der Waals surface area contributed by atoms with E-state index < -0.39 is 0 Å². The highest BCUT2D eigenvalue weighted by atomic mass is 32.1. The van der Waals surface area contributed by atoms with Crippen LogP contribution in [0.15, 0.2) is 6.07 Å². The predicted molar refractivity (Wildman–Crippen MR) is 88.5 cm³/mol. The standard InChI is InChI=1S/C15H24N4S/c1-5-18-6-7-19(9-12(18)4)15-13(14(16)20)10(2)8-11(3)17-15/h8,12H,5-7,9H2,1-4H3,(H2,16,20). The molecule has 5 heteroatoms. The highest BCUT2D eigenvalue weighted by molar-refractivity contribution is 7.80. The monoisotopic (exact) mass is 292 g/mol. The molecule has 2 rings (SSSR count). The van der Waals surface area contributed by atoms with E-state index in [4.69, 9.17) is 22.9 Å². The zero-order valence-electron chi connectivity index (χ0n) is 12.8. The van der Waals surface area contributed by atoms with Gasteiger partial charge in [-0.1, -0.05) is 19.1 Å². The Morgan fingerprint density at radius 2 is 2.15 bits per heavy atom. The number of anilines is 1. The van der Waals surface area contributed by atoms with Gasteiger partial charge in [-0.2, -0.15) is 0 Å². The maximum absolute atomic E-state index is 5.91. The molecule has 1 saturated heterocycles. The zero-order valence-corrected chi connectivity index (χ0v) is 13.6. The fraction of sp³-hybridized carbons (Fsp3) is 0.600. The molecule has 1 aliphatic heterocycles. The van der Waals surface area contributed by atoms with Gasteiger partial charge in [-0.25, -0.2) is 4.98 Å². The lowest BCUT2D eigenvalue weighted by molar-refractivity contribution is 0.199. The molecule has 1 aromatic heterocycles. The Morgan fingerprint density at radius 3 is 2.70 bits per heavy atom. The number of aryl methyl sites for hydroxylation is 2. The van der Waals surface area contributed by atoms with E-state index in [0.717, 1.165) is 48.8 Å². The van der Waals surface area contributed by atoms with Crippen molar-refractivity contribution in [2.24, 2.45) is 5.73 Å². The van der Waals surface area contributed by atoms with Gasteiger partial charge in [0, 0.05) is 31.4 Å². The smallest absolute Gasteiger partial charge is 0.139 e. The molecule has 0 spiro atoms. The molecule has 1 aliphatic rings. The van der Waals surface area contributed by atoms with Crippen molar-refractivity contribution in [3.63, 3.8) is 0 Å². The van der Waals surface area contributed by atoms with Crippen LogP contribution in [0.4, 0.5) is 5.82 Å². The first-order valence-electron chi connectivity index (χ1n) is 7.21. The van der Waals surface area contributed by atoms with Crippen LogP contribution in [-0.4, -0.2) is 47.1 Å². The van der Waals surface area contributed by atoms with Crippen molar-refractivity contribution in [1.29, 1.82) is 0 Å². The van der Waals surface area contributed by atoms with Gasteiger partial charge in [0.05, 0.1) is 5.56 Å². The third-order valence-electron chi connectivity index (χ3n) is 4.04. The molecular weight excluding hydrogens is 268 g/mol. The van der Waals surface area contributed by atoms with Crippen LogP contribution in [0.3, 0.4) is 0 Å². The fourth-order valence-corrected chi connectivity index (χ4v) is 3.26. The second kappa shape index (κ2) is 6.06. The molecule has 110 valence electrons. The number of pyridine rings is 1. The summed E-state index contributed by atoms with van der Waals surface area (Å²) in [5.41, 5.74) is 8.98. The topological polar surface area (TPSA) is 45.4 Å². The van der Waals surface area contributed by atoms with Crippen molar-refractivity contribution in [2.45, 2.75) is 33.7 Å². The lowest BCUT2D eigenvalue weighted by atomic mass is 10.1. The van der Waals surface area contributed by atoms with Gasteiger partial charge in [0.25, 0.3) is 0 Å². The lowest BCUT2D eigenvalue weighted by Crippen LogP contribution is -2.52. The third-order valence-corrected chi connectivity index (χ3v) is 4.25. The number of hydrogen-bond acceptors (Lipinski definition) is 4. The number of likely N-dealkylation sites (N-methyl/N-ethyl adjacent to an activating group) is 1. The largest absolute Gasteiger partial charge is 0.389 e.